The normalized spacial score (nSPS) is 10.2. The molecule has 0 aliphatic rings. The molecular weight excluding hydrogens is 240 g/mol. The molecule has 0 spiro atoms. The first-order valence-corrected chi connectivity index (χ1v) is 6.18. The van der Waals surface area contributed by atoms with Gasteiger partial charge in [0.15, 0.2) is 0 Å². The van der Waals surface area contributed by atoms with Crippen LogP contribution in [0, 0.1) is 25.2 Å². The quantitative estimate of drug-likeness (QED) is 0.769. The number of hydrogen-bond donors (Lipinski definition) is 0. The molecule has 5 nitrogen and oxygen atoms in total. The van der Waals surface area contributed by atoms with Gasteiger partial charge in [0.05, 0.1) is 6.61 Å². The first kappa shape index (κ1) is 13.1. The molecule has 1 heterocycles. The highest BCUT2D eigenvalue weighted by molar-refractivity contribution is 5.33. The Hall–Kier alpha value is -2.35. The monoisotopic (exact) mass is 256 g/mol. The lowest BCUT2D eigenvalue weighted by Gasteiger charge is -2.08. The van der Waals surface area contributed by atoms with Crippen LogP contribution in [0.4, 0.5) is 0 Å². The summed E-state index contributed by atoms with van der Waals surface area (Å²) < 4.78 is 7.33. The number of nitrogens with zero attached hydrogens (tertiary/aromatic N) is 4. The second-order valence-electron chi connectivity index (χ2n) is 4.39. The van der Waals surface area contributed by atoms with Gasteiger partial charge in [0, 0.05) is 13.0 Å². The van der Waals surface area contributed by atoms with Gasteiger partial charge < -0.3 is 4.74 Å². The van der Waals surface area contributed by atoms with Gasteiger partial charge in [-0.05, 0) is 37.1 Å². The Morgan fingerprint density at radius 2 is 2.16 bits per heavy atom. The summed E-state index contributed by atoms with van der Waals surface area (Å²) >= 11 is 0. The minimum atomic E-state index is 0.204. The van der Waals surface area contributed by atoms with Gasteiger partial charge in [-0.2, -0.15) is 5.26 Å². The summed E-state index contributed by atoms with van der Waals surface area (Å²) in [4.78, 5) is 3.84. The van der Waals surface area contributed by atoms with E-state index < -0.39 is 0 Å². The smallest absolute Gasteiger partial charge is 0.252 e. The molecule has 0 aliphatic heterocycles. The Morgan fingerprint density at radius 1 is 1.32 bits per heavy atom. The van der Waals surface area contributed by atoms with Crippen LogP contribution in [-0.4, -0.2) is 21.4 Å². The Labute approximate surface area is 112 Å². The van der Waals surface area contributed by atoms with Gasteiger partial charge in [0.1, 0.15) is 18.1 Å². The fourth-order valence-electron chi connectivity index (χ4n) is 1.67. The summed E-state index contributed by atoms with van der Waals surface area (Å²) in [6, 6.07) is 7.98. The zero-order valence-corrected chi connectivity index (χ0v) is 11.1. The third-order valence-corrected chi connectivity index (χ3v) is 2.92. The molecule has 0 atom stereocenters. The van der Waals surface area contributed by atoms with Gasteiger partial charge in [-0.25, -0.2) is 4.98 Å². The van der Waals surface area contributed by atoms with Crippen molar-refractivity contribution in [2.45, 2.75) is 26.8 Å². The lowest BCUT2D eigenvalue weighted by atomic mass is 10.1. The lowest BCUT2D eigenvalue weighted by Crippen LogP contribution is -2.05. The van der Waals surface area contributed by atoms with Crippen molar-refractivity contribution in [3.8, 4) is 11.8 Å². The van der Waals surface area contributed by atoms with Gasteiger partial charge in [0.25, 0.3) is 5.82 Å². The number of nitriles is 1. The first-order valence-electron chi connectivity index (χ1n) is 6.18. The summed E-state index contributed by atoms with van der Waals surface area (Å²) in [5.74, 6) is 1.09. The minimum absolute atomic E-state index is 0.204. The van der Waals surface area contributed by atoms with E-state index in [4.69, 9.17) is 10.00 Å². The average Bonchev–Trinajstić information content (AvgIpc) is 2.87. The Kier molecular flexibility index (Phi) is 4.14. The van der Waals surface area contributed by atoms with E-state index in [1.54, 1.807) is 11.0 Å². The van der Waals surface area contributed by atoms with Crippen molar-refractivity contribution in [1.82, 2.24) is 14.8 Å². The molecule has 0 N–H and O–H groups in total. The number of hydrogen-bond acceptors (Lipinski definition) is 4. The van der Waals surface area contributed by atoms with Crippen molar-refractivity contribution >= 4 is 0 Å². The van der Waals surface area contributed by atoms with E-state index in [2.05, 4.69) is 30.0 Å². The molecule has 0 unspecified atom stereocenters. The Balaban J connectivity index is 1.77. The van der Waals surface area contributed by atoms with Crippen LogP contribution in [-0.2, 0) is 6.54 Å². The summed E-state index contributed by atoms with van der Waals surface area (Å²) in [6.45, 7) is 5.46. The van der Waals surface area contributed by atoms with E-state index in [0.29, 0.717) is 13.2 Å². The number of ether oxygens (including phenoxy) is 1. The summed E-state index contributed by atoms with van der Waals surface area (Å²) in [5.41, 5.74) is 2.49. The maximum absolute atomic E-state index is 8.61. The van der Waals surface area contributed by atoms with Crippen molar-refractivity contribution in [2.75, 3.05) is 6.61 Å². The van der Waals surface area contributed by atoms with Crippen LogP contribution in [0.1, 0.15) is 23.4 Å². The fourth-order valence-corrected chi connectivity index (χ4v) is 1.67. The molecule has 0 amide bonds. The molecule has 1 aromatic heterocycles. The minimum Gasteiger partial charge on any atom is -0.494 e. The molecule has 0 bridgehead atoms. The first-order chi connectivity index (χ1) is 9.19. The second kappa shape index (κ2) is 6.01. The highest BCUT2D eigenvalue weighted by Crippen LogP contribution is 2.16. The third-order valence-electron chi connectivity index (χ3n) is 2.92. The van der Waals surface area contributed by atoms with Gasteiger partial charge in [0.2, 0.25) is 0 Å². The molecular formula is C14H16N4O. The fraction of sp³-hybridized carbons (Fsp3) is 0.357. The Bertz CT molecular complexity index is 598. The number of benzene rings is 1. The summed E-state index contributed by atoms with van der Waals surface area (Å²) in [6.07, 6.45) is 2.38. The molecule has 2 rings (SSSR count). The van der Waals surface area contributed by atoms with Crippen LogP contribution in [0.15, 0.2) is 24.5 Å². The van der Waals surface area contributed by atoms with Crippen LogP contribution in [0.5, 0.6) is 5.75 Å². The van der Waals surface area contributed by atoms with Crippen LogP contribution in [0.2, 0.25) is 0 Å². The molecule has 0 saturated heterocycles. The third kappa shape index (κ3) is 3.55. The molecule has 0 aliphatic carbocycles. The van der Waals surface area contributed by atoms with Crippen LogP contribution >= 0.6 is 0 Å². The molecule has 0 radical (unpaired) electrons. The van der Waals surface area contributed by atoms with E-state index in [0.717, 1.165) is 12.2 Å². The highest BCUT2D eigenvalue weighted by Gasteiger charge is 2.00. The number of aryl methyl sites for hydroxylation is 3. The summed E-state index contributed by atoms with van der Waals surface area (Å²) in [7, 11) is 0. The zero-order valence-electron chi connectivity index (χ0n) is 11.1. The number of aromatic nitrogens is 3. The van der Waals surface area contributed by atoms with E-state index in [9.17, 15) is 0 Å². The van der Waals surface area contributed by atoms with Crippen molar-refractivity contribution < 1.29 is 4.74 Å². The number of rotatable bonds is 5. The van der Waals surface area contributed by atoms with E-state index in [1.165, 1.54) is 11.1 Å². The Morgan fingerprint density at radius 3 is 2.84 bits per heavy atom. The van der Waals surface area contributed by atoms with Crippen molar-refractivity contribution in [3.63, 3.8) is 0 Å². The van der Waals surface area contributed by atoms with Gasteiger partial charge >= 0.3 is 0 Å². The van der Waals surface area contributed by atoms with E-state index in [-0.39, 0.29) is 5.82 Å². The molecule has 2 aromatic rings. The predicted octanol–water partition coefficient (Wildman–Crippen LogP) is 2.24. The maximum atomic E-state index is 8.61. The topological polar surface area (TPSA) is 63.7 Å². The van der Waals surface area contributed by atoms with E-state index >= 15 is 0 Å². The molecule has 98 valence electrons. The molecule has 19 heavy (non-hydrogen) atoms. The van der Waals surface area contributed by atoms with Crippen molar-refractivity contribution in [2.24, 2.45) is 0 Å². The average molecular weight is 256 g/mol. The molecule has 1 aromatic carbocycles. The van der Waals surface area contributed by atoms with Gasteiger partial charge in [-0.1, -0.05) is 6.07 Å². The molecule has 0 fully saturated rings. The predicted molar refractivity (Wildman–Crippen MR) is 70.8 cm³/mol. The van der Waals surface area contributed by atoms with Gasteiger partial charge in [-0.15, -0.1) is 5.10 Å². The standard InChI is InChI=1S/C14H16N4O/c1-11-4-5-13(8-12(11)2)19-7-3-6-18-10-16-14(9-15)17-18/h4-5,8,10H,3,6-7H2,1-2H3. The van der Waals surface area contributed by atoms with Gasteiger partial charge in [-0.3, -0.25) is 4.68 Å². The SMILES string of the molecule is Cc1ccc(OCCCn2cnc(C#N)n2)cc1C. The zero-order chi connectivity index (χ0) is 13.7. The van der Waals surface area contributed by atoms with Crippen molar-refractivity contribution in [1.29, 1.82) is 5.26 Å². The molecule has 5 heteroatoms. The lowest BCUT2D eigenvalue weighted by molar-refractivity contribution is 0.298. The maximum Gasteiger partial charge on any atom is 0.252 e. The second-order valence-corrected chi connectivity index (χ2v) is 4.39. The highest BCUT2D eigenvalue weighted by atomic mass is 16.5. The molecule has 0 saturated carbocycles. The summed E-state index contributed by atoms with van der Waals surface area (Å²) in [5, 5.41) is 12.6. The van der Waals surface area contributed by atoms with Crippen LogP contribution in [0.3, 0.4) is 0 Å². The van der Waals surface area contributed by atoms with Crippen LogP contribution in [0.25, 0.3) is 0 Å². The van der Waals surface area contributed by atoms with E-state index in [1.807, 2.05) is 18.2 Å². The largest absolute Gasteiger partial charge is 0.494 e. The van der Waals surface area contributed by atoms with Crippen molar-refractivity contribution in [3.05, 3.63) is 41.5 Å². The van der Waals surface area contributed by atoms with Crippen LogP contribution < -0.4 is 4.74 Å².